The molecule has 6 heteroatoms. The summed E-state index contributed by atoms with van der Waals surface area (Å²) in [5, 5.41) is 0. The van der Waals surface area contributed by atoms with E-state index in [2.05, 4.69) is 0 Å². The Morgan fingerprint density at radius 1 is 1.44 bits per heavy atom. The molecule has 0 aliphatic carbocycles. The van der Waals surface area contributed by atoms with E-state index in [0.29, 0.717) is 24.5 Å². The Kier molecular flexibility index (Phi) is 7.10. The first-order valence-electron chi connectivity index (χ1n) is 5.62. The SMILES string of the molecule is CCCCS(=O)(=O)N(CC)CC(C)C(N)=S. The first kappa shape index (κ1) is 15.8. The van der Waals surface area contributed by atoms with Gasteiger partial charge in [-0.05, 0) is 6.42 Å². The Balaban J connectivity index is 4.54. The van der Waals surface area contributed by atoms with Gasteiger partial charge in [-0.2, -0.15) is 0 Å². The smallest absolute Gasteiger partial charge is 0.214 e. The van der Waals surface area contributed by atoms with Crippen LogP contribution in [0.4, 0.5) is 0 Å². The normalized spacial score (nSPS) is 14.0. The molecule has 0 aromatic carbocycles. The molecular formula is C10H22N2O2S2. The summed E-state index contributed by atoms with van der Waals surface area (Å²) in [6.45, 7) is 6.51. The van der Waals surface area contributed by atoms with Crippen molar-refractivity contribution in [1.29, 1.82) is 0 Å². The predicted octanol–water partition coefficient (Wildman–Crippen LogP) is 1.36. The molecule has 0 rings (SSSR count). The number of rotatable bonds is 8. The summed E-state index contributed by atoms with van der Waals surface area (Å²) in [7, 11) is -3.15. The highest BCUT2D eigenvalue weighted by atomic mass is 32.2. The Morgan fingerprint density at radius 2 is 2.00 bits per heavy atom. The van der Waals surface area contributed by atoms with E-state index in [1.54, 1.807) is 0 Å². The van der Waals surface area contributed by atoms with Crippen LogP contribution in [0.2, 0.25) is 0 Å². The van der Waals surface area contributed by atoms with Gasteiger partial charge in [0.1, 0.15) is 0 Å². The highest BCUT2D eigenvalue weighted by Crippen LogP contribution is 2.09. The van der Waals surface area contributed by atoms with Crippen LogP contribution in [0.25, 0.3) is 0 Å². The molecule has 96 valence electrons. The Labute approximate surface area is 104 Å². The predicted molar refractivity (Wildman–Crippen MR) is 71.9 cm³/mol. The van der Waals surface area contributed by atoms with E-state index in [-0.39, 0.29) is 11.7 Å². The summed E-state index contributed by atoms with van der Waals surface area (Å²) in [6.07, 6.45) is 1.57. The summed E-state index contributed by atoms with van der Waals surface area (Å²) in [6, 6.07) is 0. The third-order valence-electron chi connectivity index (χ3n) is 2.47. The van der Waals surface area contributed by atoms with Crippen LogP contribution in [0.15, 0.2) is 0 Å². The molecule has 0 aliphatic rings. The number of nitrogens with two attached hydrogens (primary N) is 1. The molecule has 0 fully saturated rings. The molecule has 0 aliphatic heterocycles. The van der Waals surface area contributed by atoms with Crippen LogP contribution in [0.1, 0.15) is 33.6 Å². The van der Waals surface area contributed by atoms with Crippen molar-refractivity contribution in [3.8, 4) is 0 Å². The lowest BCUT2D eigenvalue weighted by atomic mass is 10.2. The molecule has 1 unspecified atom stereocenters. The van der Waals surface area contributed by atoms with E-state index >= 15 is 0 Å². The number of nitrogens with zero attached hydrogens (tertiary/aromatic N) is 1. The molecule has 16 heavy (non-hydrogen) atoms. The zero-order valence-corrected chi connectivity index (χ0v) is 11.9. The molecule has 0 spiro atoms. The first-order chi connectivity index (χ1) is 7.35. The number of hydrogen-bond acceptors (Lipinski definition) is 3. The van der Waals surface area contributed by atoms with Crippen molar-refractivity contribution in [2.75, 3.05) is 18.8 Å². The molecule has 0 saturated heterocycles. The van der Waals surface area contributed by atoms with Crippen molar-refractivity contribution in [3.63, 3.8) is 0 Å². The highest BCUT2D eigenvalue weighted by Gasteiger charge is 2.22. The fourth-order valence-corrected chi connectivity index (χ4v) is 3.12. The molecule has 0 aromatic heterocycles. The molecule has 0 bridgehead atoms. The second-order valence-corrected chi connectivity index (χ2v) is 6.48. The lowest BCUT2D eigenvalue weighted by molar-refractivity contribution is 0.404. The van der Waals surface area contributed by atoms with Crippen LogP contribution in [-0.4, -0.2) is 36.6 Å². The number of unbranched alkanes of at least 4 members (excludes halogenated alkanes) is 1. The molecular weight excluding hydrogens is 244 g/mol. The summed E-state index contributed by atoms with van der Waals surface area (Å²) >= 11 is 4.85. The second-order valence-electron chi connectivity index (χ2n) is 3.92. The molecule has 4 nitrogen and oxygen atoms in total. The van der Waals surface area contributed by atoms with Gasteiger partial charge in [0, 0.05) is 19.0 Å². The molecule has 0 aromatic rings. The van der Waals surface area contributed by atoms with Gasteiger partial charge in [0.25, 0.3) is 0 Å². The van der Waals surface area contributed by atoms with E-state index in [1.165, 1.54) is 4.31 Å². The van der Waals surface area contributed by atoms with E-state index in [0.717, 1.165) is 6.42 Å². The van der Waals surface area contributed by atoms with Gasteiger partial charge in [0.2, 0.25) is 10.0 Å². The maximum atomic E-state index is 11.9. The lowest BCUT2D eigenvalue weighted by Crippen LogP contribution is -2.39. The quantitative estimate of drug-likeness (QED) is 0.674. The van der Waals surface area contributed by atoms with Gasteiger partial charge in [-0.25, -0.2) is 12.7 Å². The summed E-state index contributed by atoms with van der Waals surface area (Å²) in [5.74, 6) is 0.132. The van der Waals surface area contributed by atoms with Crippen LogP contribution < -0.4 is 5.73 Å². The Bertz CT molecular complexity index is 315. The monoisotopic (exact) mass is 266 g/mol. The topological polar surface area (TPSA) is 63.4 Å². The standard InChI is InChI=1S/C10H22N2O2S2/c1-4-6-7-16(13,14)12(5-2)8-9(3)10(11)15/h9H,4-8H2,1-3H3,(H2,11,15). The molecule has 0 saturated carbocycles. The van der Waals surface area contributed by atoms with Crippen molar-refractivity contribution in [1.82, 2.24) is 4.31 Å². The Morgan fingerprint density at radius 3 is 2.38 bits per heavy atom. The minimum absolute atomic E-state index is 0.0775. The molecule has 0 radical (unpaired) electrons. The lowest BCUT2D eigenvalue weighted by Gasteiger charge is -2.23. The third-order valence-corrected chi connectivity index (χ3v) is 4.87. The van der Waals surface area contributed by atoms with Crippen molar-refractivity contribution in [2.45, 2.75) is 33.6 Å². The van der Waals surface area contributed by atoms with Gasteiger partial charge < -0.3 is 5.73 Å². The fraction of sp³-hybridized carbons (Fsp3) is 0.900. The number of hydrogen-bond donors (Lipinski definition) is 1. The van der Waals surface area contributed by atoms with E-state index in [1.807, 2.05) is 20.8 Å². The average Bonchev–Trinajstić information content (AvgIpc) is 2.22. The van der Waals surface area contributed by atoms with Crippen LogP contribution in [0, 0.1) is 5.92 Å². The van der Waals surface area contributed by atoms with Gasteiger partial charge in [0.05, 0.1) is 10.7 Å². The highest BCUT2D eigenvalue weighted by molar-refractivity contribution is 7.89. The maximum absolute atomic E-state index is 11.9. The van der Waals surface area contributed by atoms with Crippen molar-refractivity contribution < 1.29 is 8.42 Å². The van der Waals surface area contributed by atoms with Gasteiger partial charge in [-0.1, -0.05) is 39.4 Å². The second kappa shape index (κ2) is 7.19. The minimum atomic E-state index is -3.15. The maximum Gasteiger partial charge on any atom is 0.214 e. The molecule has 2 N–H and O–H groups in total. The molecule has 0 amide bonds. The third kappa shape index (κ3) is 5.23. The Hall–Kier alpha value is -0.200. The van der Waals surface area contributed by atoms with Gasteiger partial charge in [-0.3, -0.25) is 0 Å². The van der Waals surface area contributed by atoms with E-state index < -0.39 is 10.0 Å². The van der Waals surface area contributed by atoms with E-state index in [9.17, 15) is 8.42 Å². The van der Waals surface area contributed by atoms with Crippen molar-refractivity contribution in [2.24, 2.45) is 11.7 Å². The zero-order chi connectivity index (χ0) is 12.8. The minimum Gasteiger partial charge on any atom is -0.393 e. The average molecular weight is 266 g/mol. The molecule has 1 atom stereocenters. The van der Waals surface area contributed by atoms with Gasteiger partial charge in [0.15, 0.2) is 0 Å². The molecule has 0 heterocycles. The number of thiocarbonyl (C=S) groups is 1. The fourth-order valence-electron chi connectivity index (χ4n) is 1.29. The van der Waals surface area contributed by atoms with Crippen LogP contribution in [0.5, 0.6) is 0 Å². The van der Waals surface area contributed by atoms with Crippen molar-refractivity contribution >= 4 is 27.2 Å². The van der Waals surface area contributed by atoms with Crippen molar-refractivity contribution in [3.05, 3.63) is 0 Å². The largest absolute Gasteiger partial charge is 0.393 e. The summed E-state index contributed by atoms with van der Waals surface area (Å²) < 4.78 is 25.3. The van der Waals surface area contributed by atoms with Crippen LogP contribution >= 0.6 is 12.2 Å². The van der Waals surface area contributed by atoms with Gasteiger partial charge in [-0.15, -0.1) is 0 Å². The van der Waals surface area contributed by atoms with Gasteiger partial charge >= 0.3 is 0 Å². The number of sulfonamides is 1. The summed E-state index contributed by atoms with van der Waals surface area (Å²) in [5.41, 5.74) is 5.49. The van der Waals surface area contributed by atoms with Crippen LogP contribution in [0.3, 0.4) is 0 Å². The first-order valence-corrected chi connectivity index (χ1v) is 7.64. The van der Waals surface area contributed by atoms with E-state index in [4.69, 9.17) is 18.0 Å². The zero-order valence-electron chi connectivity index (χ0n) is 10.3. The summed E-state index contributed by atoms with van der Waals surface area (Å²) in [4.78, 5) is 0.365. The van der Waals surface area contributed by atoms with Crippen LogP contribution in [-0.2, 0) is 10.0 Å².